The lowest BCUT2D eigenvalue weighted by Gasteiger charge is -2.18. The Bertz CT molecular complexity index is 352. The predicted octanol–water partition coefficient (Wildman–Crippen LogP) is 4.64. The zero-order valence-electron chi connectivity index (χ0n) is 12.8. The van der Waals surface area contributed by atoms with Crippen molar-refractivity contribution in [3.8, 4) is 5.75 Å². The summed E-state index contributed by atoms with van der Waals surface area (Å²) in [7, 11) is 0. The van der Waals surface area contributed by atoms with Gasteiger partial charge in [-0.05, 0) is 39.3 Å². The van der Waals surface area contributed by atoms with Crippen LogP contribution in [0.4, 0.5) is 5.82 Å². The van der Waals surface area contributed by atoms with Gasteiger partial charge in [-0.1, -0.05) is 32.6 Å². The smallest absolute Gasteiger partial charge is 0.168 e. The van der Waals surface area contributed by atoms with Gasteiger partial charge in [-0.2, -0.15) is 0 Å². The molecule has 1 aromatic rings. The van der Waals surface area contributed by atoms with Crippen LogP contribution in [0.25, 0.3) is 0 Å². The molecule has 0 aliphatic rings. The molecule has 3 nitrogen and oxygen atoms in total. The number of pyridine rings is 1. The van der Waals surface area contributed by atoms with Gasteiger partial charge >= 0.3 is 0 Å². The van der Waals surface area contributed by atoms with Crippen LogP contribution in [0.2, 0.25) is 0 Å². The van der Waals surface area contributed by atoms with E-state index in [-0.39, 0.29) is 6.10 Å². The van der Waals surface area contributed by atoms with Gasteiger partial charge in [0.05, 0.1) is 6.10 Å². The maximum absolute atomic E-state index is 5.76. The van der Waals surface area contributed by atoms with E-state index in [1.165, 1.54) is 32.1 Å². The Kier molecular flexibility index (Phi) is 7.31. The molecule has 0 saturated heterocycles. The van der Waals surface area contributed by atoms with Crippen molar-refractivity contribution in [2.24, 2.45) is 0 Å². The Morgan fingerprint density at radius 1 is 1.21 bits per heavy atom. The molecule has 1 N–H and O–H groups in total. The van der Waals surface area contributed by atoms with E-state index in [0.717, 1.165) is 11.6 Å². The van der Waals surface area contributed by atoms with Crippen LogP contribution >= 0.6 is 0 Å². The first-order valence-electron chi connectivity index (χ1n) is 7.51. The van der Waals surface area contributed by atoms with Crippen LogP contribution in [-0.2, 0) is 0 Å². The number of rotatable bonds is 9. The molecule has 0 amide bonds. The molecule has 1 rings (SSSR count). The standard InChI is InChI=1S/C16H28N2O/c1-5-6-7-8-10-14(4)18-16-15(19-13(2)3)11-9-12-17-16/h9,11-14H,5-8,10H2,1-4H3,(H,17,18). The Morgan fingerprint density at radius 2 is 2.00 bits per heavy atom. The summed E-state index contributed by atoms with van der Waals surface area (Å²) in [6.45, 7) is 8.51. The SMILES string of the molecule is CCCCCCC(C)Nc1ncccc1OC(C)C. The molecule has 1 aromatic heterocycles. The highest BCUT2D eigenvalue weighted by Gasteiger charge is 2.09. The average molecular weight is 264 g/mol. The molecule has 0 aliphatic heterocycles. The van der Waals surface area contributed by atoms with Crippen molar-refractivity contribution in [3.63, 3.8) is 0 Å². The molecule has 0 aliphatic carbocycles. The van der Waals surface area contributed by atoms with Gasteiger partial charge in [-0.25, -0.2) is 4.98 Å². The zero-order chi connectivity index (χ0) is 14.1. The molecule has 0 fully saturated rings. The van der Waals surface area contributed by atoms with E-state index in [9.17, 15) is 0 Å². The number of ether oxygens (including phenoxy) is 1. The van der Waals surface area contributed by atoms with Gasteiger partial charge in [-0.3, -0.25) is 0 Å². The normalized spacial score (nSPS) is 12.5. The van der Waals surface area contributed by atoms with Crippen LogP contribution in [0.15, 0.2) is 18.3 Å². The average Bonchev–Trinajstić information content (AvgIpc) is 2.36. The number of hydrogen-bond donors (Lipinski definition) is 1. The third kappa shape index (κ3) is 6.46. The Morgan fingerprint density at radius 3 is 2.68 bits per heavy atom. The lowest BCUT2D eigenvalue weighted by molar-refractivity contribution is 0.242. The zero-order valence-corrected chi connectivity index (χ0v) is 12.8. The second-order valence-corrected chi connectivity index (χ2v) is 5.41. The Labute approximate surface area is 117 Å². The summed E-state index contributed by atoms with van der Waals surface area (Å²) in [5.41, 5.74) is 0. The second-order valence-electron chi connectivity index (χ2n) is 5.41. The monoisotopic (exact) mass is 264 g/mol. The van der Waals surface area contributed by atoms with Crippen LogP contribution in [0.1, 0.15) is 59.8 Å². The number of hydrogen-bond acceptors (Lipinski definition) is 3. The highest BCUT2D eigenvalue weighted by Crippen LogP contribution is 2.23. The maximum Gasteiger partial charge on any atom is 0.168 e. The molecular weight excluding hydrogens is 236 g/mol. The van der Waals surface area contributed by atoms with Gasteiger partial charge in [0.25, 0.3) is 0 Å². The van der Waals surface area contributed by atoms with E-state index in [0.29, 0.717) is 6.04 Å². The van der Waals surface area contributed by atoms with E-state index in [2.05, 4.69) is 24.1 Å². The van der Waals surface area contributed by atoms with Crippen molar-refractivity contribution in [1.82, 2.24) is 4.98 Å². The van der Waals surface area contributed by atoms with Crippen molar-refractivity contribution >= 4 is 5.82 Å². The fourth-order valence-corrected chi connectivity index (χ4v) is 2.03. The van der Waals surface area contributed by atoms with E-state index in [4.69, 9.17) is 4.74 Å². The van der Waals surface area contributed by atoms with Gasteiger partial charge in [0, 0.05) is 12.2 Å². The van der Waals surface area contributed by atoms with Gasteiger partial charge in [0.1, 0.15) is 0 Å². The molecule has 1 unspecified atom stereocenters. The summed E-state index contributed by atoms with van der Waals surface area (Å²) >= 11 is 0. The molecule has 0 radical (unpaired) electrons. The fourth-order valence-electron chi connectivity index (χ4n) is 2.03. The Hall–Kier alpha value is -1.25. The minimum atomic E-state index is 0.171. The van der Waals surface area contributed by atoms with Crippen LogP contribution in [0.5, 0.6) is 5.75 Å². The van der Waals surface area contributed by atoms with Gasteiger partial charge in [-0.15, -0.1) is 0 Å². The van der Waals surface area contributed by atoms with Crippen molar-refractivity contribution in [1.29, 1.82) is 0 Å². The highest BCUT2D eigenvalue weighted by atomic mass is 16.5. The molecule has 19 heavy (non-hydrogen) atoms. The number of nitrogens with zero attached hydrogens (tertiary/aromatic N) is 1. The minimum Gasteiger partial charge on any atom is -0.487 e. The van der Waals surface area contributed by atoms with Crippen molar-refractivity contribution in [2.45, 2.75) is 71.9 Å². The third-order valence-corrected chi connectivity index (χ3v) is 3.01. The summed E-state index contributed by atoms with van der Waals surface area (Å²) in [6.07, 6.45) is 8.36. The largest absolute Gasteiger partial charge is 0.487 e. The molecule has 108 valence electrons. The summed E-state index contributed by atoms with van der Waals surface area (Å²) in [6, 6.07) is 4.31. The number of anilines is 1. The lowest BCUT2D eigenvalue weighted by atomic mass is 10.1. The van der Waals surface area contributed by atoms with E-state index >= 15 is 0 Å². The molecule has 0 saturated carbocycles. The summed E-state index contributed by atoms with van der Waals surface area (Å²) < 4.78 is 5.76. The van der Waals surface area contributed by atoms with Crippen molar-refractivity contribution in [3.05, 3.63) is 18.3 Å². The number of nitrogens with one attached hydrogen (secondary N) is 1. The number of unbranched alkanes of at least 4 members (excludes halogenated alkanes) is 3. The van der Waals surface area contributed by atoms with E-state index < -0.39 is 0 Å². The predicted molar refractivity (Wildman–Crippen MR) is 81.8 cm³/mol. The van der Waals surface area contributed by atoms with Crippen LogP contribution < -0.4 is 10.1 Å². The molecule has 1 atom stereocenters. The maximum atomic E-state index is 5.76. The minimum absolute atomic E-state index is 0.171. The Balaban J connectivity index is 2.46. The van der Waals surface area contributed by atoms with Gasteiger partial charge < -0.3 is 10.1 Å². The molecule has 1 heterocycles. The second kappa shape index (κ2) is 8.78. The summed E-state index contributed by atoms with van der Waals surface area (Å²) in [4.78, 5) is 4.38. The fraction of sp³-hybridized carbons (Fsp3) is 0.688. The molecule has 3 heteroatoms. The number of aromatic nitrogens is 1. The van der Waals surface area contributed by atoms with Gasteiger partial charge in [0.2, 0.25) is 0 Å². The van der Waals surface area contributed by atoms with E-state index in [1.54, 1.807) is 6.20 Å². The first-order chi connectivity index (χ1) is 9.13. The summed E-state index contributed by atoms with van der Waals surface area (Å²) in [5, 5.41) is 3.46. The van der Waals surface area contributed by atoms with Crippen molar-refractivity contribution < 1.29 is 4.74 Å². The quantitative estimate of drug-likeness (QED) is 0.660. The third-order valence-electron chi connectivity index (χ3n) is 3.01. The molecule has 0 aromatic carbocycles. The van der Waals surface area contributed by atoms with Gasteiger partial charge in [0.15, 0.2) is 11.6 Å². The molecule has 0 bridgehead atoms. The lowest BCUT2D eigenvalue weighted by Crippen LogP contribution is -2.17. The highest BCUT2D eigenvalue weighted by molar-refractivity contribution is 5.50. The van der Waals surface area contributed by atoms with Crippen LogP contribution in [0.3, 0.4) is 0 Å². The summed E-state index contributed by atoms with van der Waals surface area (Å²) in [5.74, 6) is 1.71. The van der Waals surface area contributed by atoms with Crippen LogP contribution in [0, 0.1) is 0 Å². The first-order valence-corrected chi connectivity index (χ1v) is 7.51. The first kappa shape index (κ1) is 15.8. The van der Waals surface area contributed by atoms with Crippen LogP contribution in [-0.4, -0.2) is 17.1 Å². The molecule has 0 spiro atoms. The molecular formula is C16H28N2O. The topological polar surface area (TPSA) is 34.2 Å². The van der Waals surface area contributed by atoms with E-state index in [1.807, 2.05) is 26.0 Å². The van der Waals surface area contributed by atoms with Crippen molar-refractivity contribution in [2.75, 3.05) is 5.32 Å².